The minimum atomic E-state index is -0.899. The maximum atomic E-state index is 13.1. The van der Waals surface area contributed by atoms with Crippen LogP contribution in [0, 0.1) is 11.3 Å². The van der Waals surface area contributed by atoms with Crippen LogP contribution in [0.3, 0.4) is 0 Å². The van der Waals surface area contributed by atoms with Crippen molar-refractivity contribution in [2.24, 2.45) is 0 Å². The summed E-state index contributed by atoms with van der Waals surface area (Å²) in [7, 11) is 1.49. The van der Waals surface area contributed by atoms with Crippen molar-refractivity contribution >= 4 is 17.7 Å². The van der Waals surface area contributed by atoms with E-state index in [4.69, 9.17) is 19.2 Å². The summed E-state index contributed by atoms with van der Waals surface area (Å²) in [6.45, 7) is 5.45. The van der Waals surface area contributed by atoms with E-state index < -0.39 is 23.3 Å². The lowest BCUT2D eigenvalue weighted by molar-refractivity contribution is -0.128. The second kappa shape index (κ2) is 11.2. The number of benzene rings is 2. The van der Waals surface area contributed by atoms with Crippen molar-refractivity contribution < 1.29 is 23.8 Å². The maximum Gasteiger partial charge on any atom is 0.408 e. The number of alkyl carbamates (subject to hydrolysis) is 1. The Bertz CT molecular complexity index is 1470. The van der Waals surface area contributed by atoms with E-state index >= 15 is 0 Å². The van der Waals surface area contributed by atoms with Gasteiger partial charge in [0.1, 0.15) is 17.8 Å². The van der Waals surface area contributed by atoms with E-state index in [2.05, 4.69) is 11.4 Å². The van der Waals surface area contributed by atoms with Gasteiger partial charge in [-0.2, -0.15) is 5.26 Å². The third-order valence-electron chi connectivity index (χ3n) is 7.34. The Morgan fingerprint density at radius 2 is 1.85 bits per heavy atom. The first-order valence-corrected chi connectivity index (χ1v) is 13.7. The lowest BCUT2D eigenvalue weighted by Crippen LogP contribution is -2.52. The minimum absolute atomic E-state index is 0.0408. The second-order valence-corrected chi connectivity index (χ2v) is 11.4. The molecule has 0 bridgehead atoms. The van der Waals surface area contributed by atoms with E-state index in [0.29, 0.717) is 11.4 Å². The number of fused-ring (bicyclic) bond motifs is 1. The van der Waals surface area contributed by atoms with E-state index in [1.165, 1.54) is 12.0 Å². The third kappa shape index (κ3) is 5.74. The number of nitriles is 1. The van der Waals surface area contributed by atoms with Crippen molar-refractivity contribution in [3.05, 3.63) is 66.2 Å². The van der Waals surface area contributed by atoms with Gasteiger partial charge in [0.15, 0.2) is 0 Å². The van der Waals surface area contributed by atoms with Gasteiger partial charge in [0, 0.05) is 18.2 Å². The first kappa shape index (κ1) is 28.1. The van der Waals surface area contributed by atoms with Crippen molar-refractivity contribution in [2.45, 2.75) is 57.3 Å². The Morgan fingerprint density at radius 3 is 2.44 bits per heavy atom. The number of hydrogen-bond donors (Lipinski definition) is 1. The normalized spacial score (nSPS) is 17.5. The predicted octanol–water partition coefficient (Wildman–Crippen LogP) is 5.58. The van der Waals surface area contributed by atoms with Crippen LogP contribution >= 0.6 is 0 Å². The van der Waals surface area contributed by atoms with Crippen LogP contribution in [0.4, 0.5) is 10.5 Å². The van der Waals surface area contributed by atoms with E-state index in [0.717, 1.165) is 41.5 Å². The van der Waals surface area contributed by atoms with E-state index in [1.807, 2.05) is 81.4 Å². The Balaban J connectivity index is 1.55. The molecule has 212 valence electrons. The Morgan fingerprint density at radius 1 is 1.15 bits per heavy atom. The van der Waals surface area contributed by atoms with Crippen LogP contribution in [-0.4, -0.2) is 49.0 Å². The lowest BCUT2D eigenvalue weighted by Gasteiger charge is -2.43. The zero-order valence-corrected chi connectivity index (χ0v) is 23.8. The number of nitrogens with zero attached hydrogens (tertiary/aromatic N) is 3. The van der Waals surface area contributed by atoms with Crippen LogP contribution in [0.1, 0.15) is 45.6 Å². The fourth-order valence-electron chi connectivity index (χ4n) is 5.25. The molecule has 1 fully saturated rings. The van der Waals surface area contributed by atoms with Gasteiger partial charge in [-0.1, -0.05) is 54.6 Å². The van der Waals surface area contributed by atoms with Gasteiger partial charge in [-0.25, -0.2) is 9.78 Å². The molecule has 0 spiro atoms. The number of carbonyl (C=O) groups is 2. The average Bonchev–Trinajstić information content (AvgIpc) is 2.92. The first-order valence-electron chi connectivity index (χ1n) is 13.7. The van der Waals surface area contributed by atoms with Gasteiger partial charge >= 0.3 is 6.09 Å². The average molecular weight is 555 g/mol. The molecule has 1 unspecified atom stereocenters. The molecule has 9 heteroatoms. The fraction of sp³-hybridized carbons (Fsp3) is 0.375. The van der Waals surface area contributed by atoms with Crippen LogP contribution in [0.5, 0.6) is 5.88 Å². The Kier molecular flexibility index (Phi) is 7.70. The molecule has 1 aliphatic heterocycles. The standard InChI is InChI=1S/C32H34N4O5/c1-31(2,3)41-30(38)35-32(15-8-16-32)23-13-11-22(12-14-23)27-24(21-9-6-5-7-10-21)19-25-28(34-27)40-26(20-39-4)29(37)36(25)18-17-33/h5-7,9-14,19,26H,8,15-16,18,20H2,1-4H3,(H,35,38). The van der Waals surface area contributed by atoms with Crippen LogP contribution < -0.4 is 15.0 Å². The molecule has 3 aromatic rings. The van der Waals surface area contributed by atoms with Crippen LogP contribution in [0.25, 0.3) is 22.4 Å². The molecule has 1 N–H and O–H groups in total. The SMILES string of the molecule is COCC1Oc2nc(-c3ccc(C4(NC(=O)OC(C)(C)C)CCC4)cc3)c(-c3ccccc3)cc2N(CC#N)C1=O. The van der Waals surface area contributed by atoms with Crippen molar-refractivity contribution in [2.75, 3.05) is 25.2 Å². The van der Waals surface area contributed by atoms with Gasteiger partial charge in [0.2, 0.25) is 12.0 Å². The third-order valence-corrected chi connectivity index (χ3v) is 7.34. The molecule has 2 amide bonds. The number of pyridine rings is 1. The zero-order chi connectivity index (χ0) is 29.2. The number of hydrogen-bond acceptors (Lipinski definition) is 7. The van der Waals surface area contributed by atoms with Crippen LogP contribution in [0.15, 0.2) is 60.7 Å². The summed E-state index contributed by atoms with van der Waals surface area (Å²) in [5, 5.41) is 12.6. The molecule has 2 aliphatic rings. The summed E-state index contributed by atoms with van der Waals surface area (Å²) < 4.78 is 16.7. The molecular formula is C32H34N4O5. The number of anilines is 1. The molecule has 5 rings (SSSR count). The quantitative estimate of drug-likeness (QED) is 0.379. The van der Waals surface area contributed by atoms with Gasteiger partial charge in [-0.15, -0.1) is 0 Å². The van der Waals surface area contributed by atoms with Gasteiger partial charge in [-0.3, -0.25) is 9.69 Å². The molecule has 41 heavy (non-hydrogen) atoms. The van der Waals surface area contributed by atoms with Crippen LogP contribution in [0.2, 0.25) is 0 Å². The van der Waals surface area contributed by atoms with Crippen molar-refractivity contribution in [3.8, 4) is 34.3 Å². The molecule has 0 saturated heterocycles. The molecule has 1 aliphatic carbocycles. The summed E-state index contributed by atoms with van der Waals surface area (Å²) in [5.41, 5.74) is 3.62. The fourth-order valence-corrected chi connectivity index (χ4v) is 5.25. The van der Waals surface area contributed by atoms with Gasteiger partial charge in [-0.05, 0) is 57.2 Å². The Labute approximate surface area is 240 Å². The number of rotatable bonds is 7. The molecular weight excluding hydrogens is 520 g/mol. The number of nitrogens with one attached hydrogen (secondary N) is 1. The van der Waals surface area contributed by atoms with Gasteiger partial charge in [0.25, 0.3) is 5.91 Å². The number of aromatic nitrogens is 1. The highest BCUT2D eigenvalue weighted by molar-refractivity contribution is 6.01. The number of amides is 2. The highest BCUT2D eigenvalue weighted by atomic mass is 16.6. The number of carbonyl (C=O) groups excluding carboxylic acids is 2. The molecule has 0 radical (unpaired) electrons. The summed E-state index contributed by atoms with van der Waals surface area (Å²) >= 11 is 0. The summed E-state index contributed by atoms with van der Waals surface area (Å²) in [5.74, 6) is -0.0789. The maximum absolute atomic E-state index is 13.1. The number of methoxy groups -OCH3 is 1. The largest absolute Gasteiger partial charge is 0.460 e. The molecule has 1 saturated carbocycles. The molecule has 9 nitrogen and oxygen atoms in total. The highest BCUT2D eigenvalue weighted by Crippen LogP contribution is 2.44. The topological polar surface area (TPSA) is 114 Å². The van der Waals surface area contributed by atoms with Crippen molar-refractivity contribution in [1.29, 1.82) is 5.26 Å². The Hall–Kier alpha value is -4.42. The lowest BCUT2D eigenvalue weighted by atomic mass is 9.71. The molecule has 1 atom stereocenters. The van der Waals surface area contributed by atoms with E-state index in [1.54, 1.807) is 0 Å². The minimum Gasteiger partial charge on any atom is -0.460 e. The summed E-state index contributed by atoms with van der Waals surface area (Å²) in [4.78, 5) is 32.0. The van der Waals surface area contributed by atoms with E-state index in [-0.39, 0.29) is 24.9 Å². The van der Waals surface area contributed by atoms with Crippen LogP contribution in [-0.2, 0) is 19.8 Å². The molecule has 2 heterocycles. The predicted molar refractivity (Wildman–Crippen MR) is 154 cm³/mol. The molecule has 1 aromatic heterocycles. The summed E-state index contributed by atoms with van der Waals surface area (Å²) in [6, 6.07) is 21.7. The monoisotopic (exact) mass is 554 g/mol. The zero-order valence-electron chi connectivity index (χ0n) is 23.8. The van der Waals surface area contributed by atoms with Crippen molar-refractivity contribution in [3.63, 3.8) is 0 Å². The molecule has 2 aromatic carbocycles. The number of ether oxygens (including phenoxy) is 3. The van der Waals surface area contributed by atoms with Gasteiger partial charge in [0.05, 0.1) is 23.9 Å². The van der Waals surface area contributed by atoms with Gasteiger partial charge < -0.3 is 19.5 Å². The highest BCUT2D eigenvalue weighted by Gasteiger charge is 2.41. The summed E-state index contributed by atoms with van der Waals surface area (Å²) in [6.07, 6.45) is 1.34. The first-order chi connectivity index (χ1) is 19.6. The smallest absolute Gasteiger partial charge is 0.408 e. The second-order valence-electron chi connectivity index (χ2n) is 11.4. The van der Waals surface area contributed by atoms with E-state index in [9.17, 15) is 14.9 Å². The van der Waals surface area contributed by atoms with Crippen molar-refractivity contribution in [1.82, 2.24) is 10.3 Å².